The summed E-state index contributed by atoms with van der Waals surface area (Å²) in [6.45, 7) is 6.09. The second-order valence-electron chi connectivity index (χ2n) is 8.91. The van der Waals surface area contributed by atoms with Gasteiger partial charge in [0.25, 0.3) is 0 Å². The molecule has 2 aromatic rings. The van der Waals surface area contributed by atoms with Gasteiger partial charge in [0.15, 0.2) is 11.5 Å². The van der Waals surface area contributed by atoms with Crippen molar-refractivity contribution < 1.29 is 27.5 Å². The first-order valence-corrected chi connectivity index (χ1v) is 14.0. The zero-order chi connectivity index (χ0) is 26.3. The van der Waals surface area contributed by atoms with Crippen LogP contribution in [0.25, 0.3) is 0 Å². The molecule has 3 rings (SSSR count). The maximum atomic E-state index is 13.6. The molecule has 9 nitrogen and oxygen atoms in total. The van der Waals surface area contributed by atoms with Crippen LogP contribution >= 0.6 is 0 Å². The van der Waals surface area contributed by atoms with E-state index < -0.39 is 28.5 Å². The predicted octanol–water partition coefficient (Wildman–Crippen LogP) is 2.60. The largest absolute Gasteiger partial charge is 0.486 e. The van der Waals surface area contributed by atoms with Crippen LogP contribution in [0, 0.1) is 0 Å². The van der Waals surface area contributed by atoms with Gasteiger partial charge in [-0.1, -0.05) is 37.3 Å². The van der Waals surface area contributed by atoms with Crippen LogP contribution < -0.4 is 19.1 Å². The van der Waals surface area contributed by atoms with Crippen molar-refractivity contribution in [2.45, 2.75) is 45.7 Å². The summed E-state index contributed by atoms with van der Waals surface area (Å²) in [7, 11) is -3.82. The van der Waals surface area contributed by atoms with Gasteiger partial charge >= 0.3 is 0 Å². The molecular formula is C26H35N3O6S. The highest BCUT2D eigenvalue weighted by Gasteiger charge is 2.30. The number of nitrogens with zero attached hydrogens (tertiary/aromatic N) is 2. The number of carbonyl (C=O) groups is 2. The van der Waals surface area contributed by atoms with E-state index in [9.17, 15) is 18.0 Å². The molecule has 0 saturated heterocycles. The number of hydrogen-bond acceptors (Lipinski definition) is 6. The Morgan fingerprint density at radius 3 is 2.33 bits per heavy atom. The summed E-state index contributed by atoms with van der Waals surface area (Å²) in [4.78, 5) is 27.9. The summed E-state index contributed by atoms with van der Waals surface area (Å²) < 4.78 is 37.6. The van der Waals surface area contributed by atoms with Crippen molar-refractivity contribution in [2.24, 2.45) is 0 Å². The first-order valence-electron chi connectivity index (χ1n) is 12.1. The highest BCUT2D eigenvalue weighted by atomic mass is 32.2. The molecule has 1 N–H and O–H groups in total. The second kappa shape index (κ2) is 12.1. The topological polar surface area (TPSA) is 105 Å². The Kier molecular flexibility index (Phi) is 9.19. The van der Waals surface area contributed by atoms with Gasteiger partial charge in [0.05, 0.1) is 11.9 Å². The van der Waals surface area contributed by atoms with E-state index in [4.69, 9.17) is 9.47 Å². The predicted molar refractivity (Wildman–Crippen MR) is 139 cm³/mol. The Hall–Kier alpha value is -3.27. The number of carbonyl (C=O) groups excluding carboxylic acids is 2. The molecule has 10 heteroatoms. The van der Waals surface area contributed by atoms with Crippen molar-refractivity contribution in [3.05, 3.63) is 54.1 Å². The van der Waals surface area contributed by atoms with E-state index in [0.717, 1.165) is 22.5 Å². The smallest absolute Gasteiger partial charge is 0.244 e. The van der Waals surface area contributed by atoms with Gasteiger partial charge in [-0.25, -0.2) is 8.42 Å². The third-order valence-electron chi connectivity index (χ3n) is 6.15. The summed E-state index contributed by atoms with van der Waals surface area (Å²) in [5.74, 6) is 0.181. The van der Waals surface area contributed by atoms with Crippen molar-refractivity contribution in [3.63, 3.8) is 0 Å². The molecule has 0 saturated carbocycles. The molecule has 0 aliphatic carbocycles. The number of sulfonamides is 1. The Morgan fingerprint density at radius 1 is 1.03 bits per heavy atom. The van der Waals surface area contributed by atoms with Gasteiger partial charge in [-0.05, 0) is 44.4 Å². The van der Waals surface area contributed by atoms with Gasteiger partial charge in [-0.2, -0.15) is 0 Å². The second-order valence-corrected chi connectivity index (χ2v) is 10.8. The molecule has 2 amide bonds. The van der Waals surface area contributed by atoms with Gasteiger partial charge in [0.1, 0.15) is 25.8 Å². The monoisotopic (exact) mass is 517 g/mol. The zero-order valence-electron chi connectivity index (χ0n) is 21.3. The Morgan fingerprint density at radius 2 is 1.69 bits per heavy atom. The molecule has 1 heterocycles. The fraction of sp³-hybridized carbons (Fsp3) is 0.462. The molecule has 0 radical (unpaired) electrons. The number of amides is 2. The lowest BCUT2D eigenvalue weighted by molar-refractivity contribution is -0.139. The van der Waals surface area contributed by atoms with Gasteiger partial charge in [-0.3, -0.25) is 13.9 Å². The van der Waals surface area contributed by atoms with E-state index >= 15 is 0 Å². The first kappa shape index (κ1) is 27.3. The fourth-order valence-corrected chi connectivity index (χ4v) is 4.68. The molecule has 2 aromatic carbocycles. The molecule has 36 heavy (non-hydrogen) atoms. The van der Waals surface area contributed by atoms with Crippen molar-refractivity contribution >= 4 is 27.5 Å². The van der Waals surface area contributed by atoms with E-state index in [1.165, 1.54) is 4.90 Å². The molecule has 2 atom stereocenters. The molecule has 1 aliphatic rings. The third-order valence-corrected chi connectivity index (χ3v) is 7.29. The fourth-order valence-electron chi connectivity index (χ4n) is 3.84. The summed E-state index contributed by atoms with van der Waals surface area (Å²) in [6.07, 6.45) is 2.32. The Balaban J connectivity index is 1.86. The molecule has 1 aliphatic heterocycles. The lowest BCUT2D eigenvalue weighted by Crippen LogP contribution is -2.53. The minimum atomic E-state index is -3.82. The van der Waals surface area contributed by atoms with E-state index in [1.807, 2.05) is 44.2 Å². The molecule has 0 spiro atoms. The molecular weight excluding hydrogens is 482 g/mol. The van der Waals surface area contributed by atoms with Crippen LogP contribution in [0.5, 0.6) is 11.5 Å². The van der Waals surface area contributed by atoms with Crippen molar-refractivity contribution in [1.82, 2.24) is 10.2 Å². The lowest BCUT2D eigenvalue weighted by Gasteiger charge is -2.32. The molecule has 0 fully saturated rings. The molecule has 0 bridgehead atoms. The van der Waals surface area contributed by atoms with Crippen LogP contribution in [0.15, 0.2) is 48.5 Å². The van der Waals surface area contributed by atoms with E-state index in [-0.39, 0.29) is 24.2 Å². The summed E-state index contributed by atoms with van der Waals surface area (Å²) in [5.41, 5.74) is 1.30. The van der Waals surface area contributed by atoms with Crippen LogP contribution in [-0.4, -0.2) is 69.8 Å². The number of ether oxygens (including phenoxy) is 2. The van der Waals surface area contributed by atoms with Crippen LogP contribution in [0.3, 0.4) is 0 Å². The zero-order valence-corrected chi connectivity index (χ0v) is 22.1. The SMILES string of the molecule is CC[C@H](C)NC(=O)[C@@H](C)N(CCc1ccccc1)C(=O)CN(c1ccc2c(c1)OCCO2)S(C)(=O)=O. The summed E-state index contributed by atoms with van der Waals surface area (Å²) in [5, 5.41) is 2.92. The highest BCUT2D eigenvalue weighted by molar-refractivity contribution is 7.92. The maximum absolute atomic E-state index is 13.6. The van der Waals surface area contributed by atoms with Crippen LogP contribution in [0.1, 0.15) is 32.8 Å². The average Bonchev–Trinajstić information content (AvgIpc) is 2.86. The molecule has 0 aromatic heterocycles. The third kappa shape index (κ3) is 7.13. The summed E-state index contributed by atoms with van der Waals surface area (Å²) in [6, 6.07) is 13.6. The minimum Gasteiger partial charge on any atom is -0.486 e. The number of anilines is 1. The maximum Gasteiger partial charge on any atom is 0.244 e. The van der Waals surface area contributed by atoms with Crippen molar-refractivity contribution in [2.75, 3.05) is 36.9 Å². The van der Waals surface area contributed by atoms with Gasteiger partial charge in [0.2, 0.25) is 21.8 Å². The van der Waals surface area contributed by atoms with E-state index in [2.05, 4.69) is 5.32 Å². The first-order chi connectivity index (χ1) is 17.1. The quantitative estimate of drug-likeness (QED) is 0.491. The number of nitrogens with one attached hydrogen (secondary N) is 1. The van der Waals surface area contributed by atoms with Crippen molar-refractivity contribution in [3.8, 4) is 11.5 Å². The molecule has 0 unspecified atom stereocenters. The number of hydrogen-bond donors (Lipinski definition) is 1. The number of benzene rings is 2. The number of rotatable bonds is 11. The van der Waals surface area contributed by atoms with Crippen LogP contribution in [0.4, 0.5) is 5.69 Å². The highest BCUT2D eigenvalue weighted by Crippen LogP contribution is 2.34. The molecule has 196 valence electrons. The summed E-state index contributed by atoms with van der Waals surface area (Å²) >= 11 is 0. The minimum absolute atomic E-state index is 0.0451. The van der Waals surface area contributed by atoms with Gasteiger partial charge in [0, 0.05) is 18.7 Å². The van der Waals surface area contributed by atoms with E-state index in [0.29, 0.717) is 31.1 Å². The van der Waals surface area contributed by atoms with Crippen LogP contribution in [-0.2, 0) is 26.0 Å². The van der Waals surface area contributed by atoms with Gasteiger partial charge < -0.3 is 19.7 Å². The average molecular weight is 518 g/mol. The Bertz CT molecular complexity index is 1160. The standard InChI is InChI=1S/C26H35N3O6S/c1-5-19(2)27-26(31)20(3)28(14-13-21-9-7-6-8-10-21)25(30)18-29(36(4,32)33)22-11-12-23-24(17-22)35-16-15-34-23/h6-12,17,19-20H,5,13-16,18H2,1-4H3,(H,27,31)/t19-,20+/m0/s1. The van der Waals surface area contributed by atoms with Gasteiger partial charge in [-0.15, -0.1) is 0 Å². The Labute approximate surface area is 213 Å². The van der Waals surface area contributed by atoms with E-state index in [1.54, 1.807) is 25.1 Å². The number of fused-ring (bicyclic) bond motifs is 1. The van der Waals surface area contributed by atoms with Crippen molar-refractivity contribution in [1.29, 1.82) is 0 Å². The normalized spacial score (nSPS) is 14.4. The van der Waals surface area contributed by atoms with Crippen LogP contribution in [0.2, 0.25) is 0 Å². The lowest BCUT2D eigenvalue weighted by atomic mass is 10.1.